The Balaban J connectivity index is 2.54. The van der Waals surface area contributed by atoms with E-state index in [0.717, 1.165) is 0 Å². The van der Waals surface area contributed by atoms with Crippen LogP contribution < -0.4 is 10.9 Å². The average molecular weight is 305 g/mol. The van der Waals surface area contributed by atoms with Crippen molar-refractivity contribution in [1.29, 1.82) is 0 Å². The van der Waals surface area contributed by atoms with Crippen molar-refractivity contribution in [2.75, 3.05) is 19.0 Å². The van der Waals surface area contributed by atoms with Gasteiger partial charge in [0.15, 0.2) is 0 Å². The number of benzene rings is 1. The zero-order chi connectivity index (χ0) is 16.3. The van der Waals surface area contributed by atoms with Crippen molar-refractivity contribution in [3.8, 4) is 0 Å². The summed E-state index contributed by atoms with van der Waals surface area (Å²) in [5.41, 5.74) is 0.228. The SMILES string of the molecule is CCOC(=O)c1c(C)c2ccc(NC(=O)OC)cc2oc1=O. The molecule has 0 radical (unpaired) electrons. The van der Waals surface area contributed by atoms with E-state index in [-0.39, 0.29) is 17.8 Å². The molecule has 22 heavy (non-hydrogen) atoms. The number of carbonyl (C=O) groups is 2. The Bertz CT molecular complexity index is 792. The normalized spacial score (nSPS) is 10.3. The molecule has 1 aromatic carbocycles. The van der Waals surface area contributed by atoms with Gasteiger partial charge in [-0.05, 0) is 31.5 Å². The number of nitrogens with one attached hydrogen (secondary N) is 1. The average Bonchev–Trinajstić information content (AvgIpc) is 2.47. The van der Waals surface area contributed by atoms with E-state index in [1.807, 2.05) is 0 Å². The third-order valence-corrected chi connectivity index (χ3v) is 3.08. The third-order valence-electron chi connectivity index (χ3n) is 3.08. The van der Waals surface area contributed by atoms with E-state index < -0.39 is 17.7 Å². The summed E-state index contributed by atoms with van der Waals surface area (Å²) in [5, 5.41) is 3.05. The molecule has 0 aliphatic rings. The van der Waals surface area contributed by atoms with Gasteiger partial charge in [0.25, 0.3) is 0 Å². The molecule has 1 amide bonds. The lowest BCUT2D eigenvalue weighted by Crippen LogP contribution is -2.19. The summed E-state index contributed by atoms with van der Waals surface area (Å²) >= 11 is 0. The maximum atomic E-state index is 12.0. The molecule has 0 aliphatic carbocycles. The Labute approximate surface area is 125 Å². The highest BCUT2D eigenvalue weighted by Crippen LogP contribution is 2.23. The van der Waals surface area contributed by atoms with Gasteiger partial charge in [0, 0.05) is 17.1 Å². The van der Waals surface area contributed by atoms with E-state index in [9.17, 15) is 14.4 Å². The van der Waals surface area contributed by atoms with Crippen LogP contribution in [0.3, 0.4) is 0 Å². The molecular weight excluding hydrogens is 290 g/mol. The maximum absolute atomic E-state index is 12.0. The highest BCUT2D eigenvalue weighted by atomic mass is 16.5. The summed E-state index contributed by atoms with van der Waals surface area (Å²) in [7, 11) is 1.24. The lowest BCUT2D eigenvalue weighted by Gasteiger charge is -2.09. The molecule has 1 heterocycles. The number of aryl methyl sites for hydroxylation is 1. The fourth-order valence-electron chi connectivity index (χ4n) is 2.04. The molecule has 7 nitrogen and oxygen atoms in total. The largest absolute Gasteiger partial charge is 0.462 e. The molecule has 0 fully saturated rings. The van der Waals surface area contributed by atoms with Crippen molar-refractivity contribution in [3.63, 3.8) is 0 Å². The number of amides is 1. The Hall–Kier alpha value is -2.83. The van der Waals surface area contributed by atoms with Crippen molar-refractivity contribution >= 4 is 28.7 Å². The predicted molar refractivity (Wildman–Crippen MR) is 79.2 cm³/mol. The molecule has 0 bridgehead atoms. The fourth-order valence-corrected chi connectivity index (χ4v) is 2.04. The van der Waals surface area contributed by atoms with E-state index in [4.69, 9.17) is 9.15 Å². The van der Waals surface area contributed by atoms with Crippen molar-refractivity contribution in [1.82, 2.24) is 0 Å². The van der Waals surface area contributed by atoms with Crippen LogP contribution in [0.1, 0.15) is 22.8 Å². The van der Waals surface area contributed by atoms with Crippen LogP contribution in [-0.2, 0) is 9.47 Å². The van der Waals surface area contributed by atoms with Crippen LogP contribution in [0.15, 0.2) is 27.4 Å². The van der Waals surface area contributed by atoms with Crippen LogP contribution in [0.2, 0.25) is 0 Å². The van der Waals surface area contributed by atoms with Gasteiger partial charge in [-0.15, -0.1) is 0 Å². The highest BCUT2D eigenvalue weighted by molar-refractivity contribution is 5.97. The Morgan fingerprint density at radius 3 is 2.68 bits per heavy atom. The van der Waals surface area contributed by atoms with Crippen LogP contribution in [0.5, 0.6) is 0 Å². The minimum atomic E-state index is -0.779. The number of fused-ring (bicyclic) bond motifs is 1. The zero-order valence-electron chi connectivity index (χ0n) is 12.4. The minimum Gasteiger partial charge on any atom is -0.462 e. The smallest absolute Gasteiger partial charge is 0.411 e. The number of hydrogen-bond donors (Lipinski definition) is 1. The minimum absolute atomic E-state index is 0.122. The summed E-state index contributed by atoms with van der Waals surface area (Å²) in [6.45, 7) is 3.46. The van der Waals surface area contributed by atoms with E-state index in [2.05, 4.69) is 10.1 Å². The Morgan fingerprint density at radius 2 is 2.05 bits per heavy atom. The standard InChI is InChI=1S/C15H15NO6/c1-4-21-13(17)12-8(2)10-6-5-9(16-15(19)20-3)7-11(10)22-14(12)18/h5-7H,4H2,1-3H3,(H,16,19). The summed E-state index contributed by atoms with van der Waals surface area (Å²) in [6, 6.07) is 4.73. The molecule has 2 aromatic rings. The van der Waals surface area contributed by atoms with Crippen molar-refractivity contribution < 1.29 is 23.5 Å². The lowest BCUT2D eigenvalue weighted by atomic mass is 10.1. The molecule has 0 saturated carbocycles. The molecule has 7 heteroatoms. The van der Waals surface area contributed by atoms with Gasteiger partial charge < -0.3 is 13.9 Å². The monoisotopic (exact) mass is 305 g/mol. The molecule has 0 saturated heterocycles. The first-order valence-electron chi connectivity index (χ1n) is 6.57. The molecule has 0 atom stereocenters. The summed E-state index contributed by atoms with van der Waals surface area (Å²) in [4.78, 5) is 35.0. The van der Waals surface area contributed by atoms with Crippen molar-refractivity contribution in [2.45, 2.75) is 13.8 Å². The second kappa shape index (κ2) is 6.30. The lowest BCUT2D eigenvalue weighted by molar-refractivity contribution is 0.0521. The van der Waals surface area contributed by atoms with Crippen LogP contribution in [0, 0.1) is 6.92 Å². The molecule has 0 aliphatic heterocycles. The van der Waals surface area contributed by atoms with Gasteiger partial charge in [-0.2, -0.15) is 0 Å². The predicted octanol–water partition coefficient (Wildman–Crippen LogP) is 2.46. The topological polar surface area (TPSA) is 94.8 Å². The van der Waals surface area contributed by atoms with E-state index in [0.29, 0.717) is 16.6 Å². The molecule has 2 rings (SSSR count). The Kier molecular flexibility index (Phi) is 4.45. The first-order valence-corrected chi connectivity index (χ1v) is 6.57. The second-order valence-electron chi connectivity index (χ2n) is 4.44. The number of ether oxygens (including phenoxy) is 2. The molecule has 0 spiro atoms. The Morgan fingerprint density at radius 1 is 1.32 bits per heavy atom. The first kappa shape index (κ1) is 15.6. The van der Waals surface area contributed by atoms with Crippen LogP contribution in [-0.4, -0.2) is 25.8 Å². The van der Waals surface area contributed by atoms with E-state index >= 15 is 0 Å². The van der Waals surface area contributed by atoms with Crippen molar-refractivity contribution in [2.24, 2.45) is 0 Å². The van der Waals surface area contributed by atoms with Gasteiger partial charge in [-0.1, -0.05) is 0 Å². The zero-order valence-corrected chi connectivity index (χ0v) is 12.4. The third kappa shape index (κ3) is 2.93. The van der Waals surface area contributed by atoms with Gasteiger partial charge in [0.1, 0.15) is 11.1 Å². The second-order valence-corrected chi connectivity index (χ2v) is 4.44. The summed E-state index contributed by atoms with van der Waals surface area (Å²) in [6.07, 6.45) is -0.637. The fraction of sp³-hybridized carbons (Fsp3) is 0.267. The highest BCUT2D eigenvalue weighted by Gasteiger charge is 2.19. The number of esters is 1. The number of methoxy groups -OCH3 is 1. The van der Waals surface area contributed by atoms with Crippen LogP contribution >= 0.6 is 0 Å². The molecule has 1 aromatic heterocycles. The van der Waals surface area contributed by atoms with Gasteiger partial charge in [0.2, 0.25) is 0 Å². The van der Waals surface area contributed by atoms with E-state index in [1.165, 1.54) is 13.2 Å². The van der Waals surface area contributed by atoms with Gasteiger partial charge in [0.05, 0.1) is 13.7 Å². The van der Waals surface area contributed by atoms with Crippen LogP contribution in [0.4, 0.5) is 10.5 Å². The quantitative estimate of drug-likeness (QED) is 0.691. The van der Waals surface area contributed by atoms with Gasteiger partial charge >= 0.3 is 17.7 Å². The van der Waals surface area contributed by atoms with Crippen LogP contribution in [0.25, 0.3) is 11.0 Å². The van der Waals surface area contributed by atoms with E-state index in [1.54, 1.807) is 26.0 Å². The number of hydrogen-bond acceptors (Lipinski definition) is 6. The molecule has 1 N–H and O–H groups in total. The van der Waals surface area contributed by atoms with Gasteiger partial charge in [-0.25, -0.2) is 14.4 Å². The summed E-state index contributed by atoms with van der Waals surface area (Å²) < 4.78 is 14.5. The number of anilines is 1. The number of rotatable bonds is 3. The molecular formula is C15H15NO6. The molecule has 0 unspecified atom stereocenters. The first-order chi connectivity index (χ1) is 10.5. The summed E-state index contributed by atoms with van der Waals surface area (Å²) in [5.74, 6) is -0.715. The maximum Gasteiger partial charge on any atom is 0.411 e. The van der Waals surface area contributed by atoms with Crippen molar-refractivity contribution in [3.05, 3.63) is 39.7 Å². The number of carbonyl (C=O) groups excluding carboxylic acids is 2. The van der Waals surface area contributed by atoms with Gasteiger partial charge in [-0.3, -0.25) is 5.32 Å². The molecule has 116 valence electrons.